The number of rotatable bonds is 5. The van der Waals surface area contributed by atoms with Crippen molar-refractivity contribution in [2.45, 2.75) is 25.8 Å². The lowest BCUT2D eigenvalue weighted by atomic mass is 10.1. The molecule has 7 heteroatoms. The smallest absolute Gasteiger partial charge is 0.287 e. The first kappa shape index (κ1) is 16.9. The van der Waals surface area contributed by atoms with Crippen molar-refractivity contribution >= 4 is 17.4 Å². The van der Waals surface area contributed by atoms with Crippen molar-refractivity contribution in [3.05, 3.63) is 63.8 Å². The minimum Gasteiger partial charge on any atom is -0.365 e. The molecule has 2 heterocycles. The molecule has 1 aliphatic rings. The Hall–Kier alpha value is -2.96. The summed E-state index contributed by atoms with van der Waals surface area (Å²) in [5.74, 6) is 0.704. The molecule has 7 nitrogen and oxygen atoms in total. The van der Waals surface area contributed by atoms with Gasteiger partial charge in [-0.2, -0.15) is 0 Å². The van der Waals surface area contributed by atoms with Gasteiger partial charge in [-0.1, -0.05) is 29.8 Å². The SMILES string of the molecule is Cc1cccc(CC(=O)N2CCC(Nc3ccc([N+](=O)[O-])cn3)C2)c1. The number of pyridine rings is 1. The van der Waals surface area contributed by atoms with Crippen molar-refractivity contribution in [3.8, 4) is 0 Å². The fourth-order valence-corrected chi connectivity index (χ4v) is 3.00. The lowest BCUT2D eigenvalue weighted by molar-refractivity contribution is -0.385. The molecule has 1 unspecified atom stereocenters. The predicted molar refractivity (Wildman–Crippen MR) is 94.4 cm³/mol. The Kier molecular flexibility index (Phi) is 4.92. The van der Waals surface area contributed by atoms with Gasteiger partial charge in [-0.3, -0.25) is 14.9 Å². The normalized spacial score (nSPS) is 16.7. The zero-order valence-corrected chi connectivity index (χ0v) is 14.0. The molecule has 1 saturated heterocycles. The van der Waals surface area contributed by atoms with Crippen LogP contribution in [0.4, 0.5) is 11.5 Å². The van der Waals surface area contributed by atoms with Crippen molar-refractivity contribution in [3.63, 3.8) is 0 Å². The van der Waals surface area contributed by atoms with E-state index >= 15 is 0 Å². The monoisotopic (exact) mass is 340 g/mol. The summed E-state index contributed by atoms with van der Waals surface area (Å²) in [6.45, 7) is 3.33. The zero-order chi connectivity index (χ0) is 17.8. The van der Waals surface area contributed by atoms with Gasteiger partial charge in [-0.05, 0) is 25.0 Å². The highest BCUT2D eigenvalue weighted by atomic mass is 16.6. The highest BCUT2D eigenvalue weighted by Crippen LogP contribution is 2.18. The Morgan fingerprint density at radius 2 is 2.24 bits per heavy atom. The van der Waals surface area contributed by atoms with Crippen LogP contribution in [-0.4, -0.2) is 39.8 Å². The van der Waals surface area contributed by atoms with Crippen LogP contribution in [0.15, 0.2) is 42.6 Å². The Labute approximate surface area is 145 Å². The zero-order valence-electron chi connectivity index (χ0n) is 14.0. The Bertz CT molecular complexity index is 776. The fourth-order valence-electron chi connectivity index (χ4n) is 3.00. The largest absolute Gasteiger partial charge is 0.365 e. The Morgan fingerprint density at radius 1 is 1.40 bits per heavy atom. The van der Waals surface area contributed by atoms with Gasteiger partial charge in [0.15, 0.2) is 0 Å². The number of benzene rings is 1. The van der Waals surface area contributed by atoms with Crippen molar-refractivity contribution in [1.82, 2.24) is 9.88 Å². The maximum atomic E-state index is 12.5. The molecule has 0 radical (unpaired) electrons. The topological polar surface area (TPSA) is 88.4 Å². The number of nitro groups is 1. The first-order valence-electron chi connectivity index (χ1n) is 8.21. The number of amides is 1. The number of anilines is 1. The molecule has 1 fully saturated rings. The highest BCUT2D eigenvalue weighted by molar-refractivity contribution is 5.79. The van der Waals surface area contributed by atoms with Crippen molar-refractivity contribution in [1.29, 1.82) is 0 Å². The molecular formula is C18H20N4O3. The van der Waals surface area contributed by atoms with Crippen LogP contribution in [0.1, 0.15) is 17.5 Å². The molecule has 1 aliphatic heterocycles. The van der Waals surface area contributed by atoms with Gasteiger partial charge in [0.05, 0.1) is 11.3 Å². The van der Waals surface area contributed by atoms with E-state index in [-0.39, 0.29) is 17.6 Å². The summed E-state index contributed by atoms with van der Waals surface area (Å²) in [4.78, 5) is 28.5. The second-order valence-electron chi connectivity index (χ2n) is 6.29. The second kappa shape index (κ2) is 7.29. The maximum Gasteiger partial charge on any atom is 0.287 e. The highest BCUT2D eigenvalue weighted by Gasteiger charge is 2.26. The lowest BCUT2D eigenvalue weighted by Gasteiger charge is -2.17. The molecule has 1 N–H and O–H groups in total. The Balaban J connectivity index is 1.54. The third-order valence-corrected chi connectivity index (χ3v) is 4.29. The molecule has 1 amide bonds. The van der Waals surface area contributed by atoms with E-state index in [1.165, 1.54) is 12.3 Å². The first-order chi connectivity index (χ1) is 12.0. The summed E-state index contributed by atoms with van der Waals surface area (Å²) in [5, 5.41) is 13.9. The molecule has 1 atom stereocenters. The van der Waals surface area contributed by atoms with E-state index in [0.717, 1.165) is 17.5 Å². The van der Waals surface area contributed by atoms with E-state index in [1.807, 2.05) is 36.1 Å². The number of aryl methyl sites for hydroxylation is 1. The van der Waals surface area contributed by atoms with E-state index in [0.29, 0.717) is 25.3 Å². The summed E-state index contributed by atoms with van der Waals surface area (Å²) in [6, 6.07) is 11.1. The number of hydrogen-bond donors (Lipinski definition) is 1. The van der Waals surface area contributed by atoms with E-state index in [1.54, 1.807) is 6.07 Å². The maximum absolute atomic E-state index is 12.5. The van der Waals surface area contributed by atoms with Crippen LogP contribution in [0.5, 0.6) is 0 Å². The van der Waals surface area contributed by atoms with Crippen LogP contribution in [0.2, 0.25) is 0 Å². The second-order valence-corrected chi connectivity index (χ2v) is 6.29. The van der Waals surface area contributed by atoms with Crippen LogP contribution in [-0.2, 0) is 11.2 Å². The number of nitrogens with zero attached hydrogens (tertiary/aromatic N) is 3. The van der Waals surface area contributed by atoms with Gasteiger partial charge < -0.3 is 10.2 Å². The van der Waals surface area contributed by atoms with Crippen LogP contribution >= 0.6 is 0 Å². The van der Waals surface area contributed by atoms with Crippen molar-refractivity contribution in [2.24, 2.45) is 0 Å². The van der Waals surface area contributed by atoms with Gasteiger partial charge in [0.25, 0.3) is 5.69 Å². The van der Waals surface area contributed by atoms with Crippen LogP contribution in [0.25, 0.3) is 0 Å². The van der Waals surface area contributed by atoms with Crippen LogP contribution in [0, 0.1) is 17.0 Å². The van der Waals surface area contributed by atoms with Crippen molar-refractivity contribution < 1.29 is 9.72 Å². The molecule has 130 valence electrons. The Morgan fingerprint density at radius 3 is 2.92 bits per heavy atom. The fraction of sp³-hybridized carbons (Fsp3) is 0.333. The molecule has 1 aromatic carbocycles. The number of nitrogens with one attached hydrogen (secondary N) is 1. The predicted octanol–water partition coefficient (Wildman–Crippen LogP) is 2.55. The third kappa shape index (κ3) is 4.32. The van der Waals surface area contributed by atoms with Gasteiger partial charge in [0, 0.05) is 25.2 Å². The van der Waals surface area contributed by atoms with E-state index in [4.69, 9.17) is 0 Å². The quantitative estimate of drug-likeness (QED) is 0.667. The average Bonchev–Trinajstić information content (AvgIpc) is 3.04. The van der Waals surface area contributed by atoms with Crippen LogP contribution in [0.3, 0.4) is 0 Å². The van der Waals surface area contributed by atoms with E-state index in [9.17, 15) is 14.9 Å². The number of hydrogen-bond acceptors (Lipinski definition) is 5. The summed E-state index contributed by atoms with van der Waals surface area (Å²) in [7, 11) is 0. The third-order valence-electron chi connectivity index (χ3n) is 4.29. The summed E-state index contributed by atoms with van der Waals surface area (Å²) in [6.07, 6.45) is 2.47. The summed E-state index contributed by atoms with van der Waals surface area (Å²) >= 11 is 0. The molecule has 0 bridgehead atoms. The number of carbonyl (C=O) groups is 1. The standard InChI is InChI=1S/C18H20N4O3/c1-13-3-2-4-14(9-13)10-18(23)21-8-7-15(12-21)20-17-6-5-16(11-19-17)22(24)25/h2-6,9,11,15H,7-8,10,12H2,1H3,(H,19,20). The molecular weight excluding hydrogens is 320 g/mol. The molecule has 3 rings (SSSR count). The van der Waals surface area contributed by atoms with Crippen LogP contribution < -0.4 is 5.32 Å². The molecule has 2 aromatic rings. The molecule has 0 spiro atoms. The number of likely N-dealkylation sites (tertiary alicyclic amines) is 1. The minimum atomic E-state index is -0.474. The van der Waals surface area contributed by atoms with E-state index in [2.05, 4.69) is 10.3 Å². The molecule has 0 aliphatic carbocycles. The molecule has 25 heavy (non-hydrogen) atoms. The first-order valence-corrected chi connectivity index (χ1v) is 8.21. The molecule has 1 aromatic heterocycles. The summed E-state index contributed by atoms with van der Waals surface area (Å²) in [5.41, 5.74) is 2.14. The molecule has 0 saturated carbocycles. The number of aromatic nitrogens is 1. The van der Waals surface area contributed by atoms with Crippen molar-refractivity contribution in [2.75, 3.05) is 18.4 Å². The minimum absolute atomic E-state index is 0.0352. The van der Waals surface area contributed by atoms with E-state index < -0.39 is 4.92 Å². The van der Waals surface area contributed by atoms with Gasteiger partial charge in [0.2, 0.25) is 5.91 Å². The van der Waals surface area contributed by atoms with Gasteiger partial charge in [-0.25, -0.2) is 4.98 Å². The summed E-state index contributed by atoms with van der Waals surface area (Å²) < 4.78 is 0. The van der Waals surface area contributed by atoms with Gasteiger partial charge in [-0.15, -0.1) is 0 Å². The average molecular weight is 340 g/mol. The number of carbonyl (C=O) groups excluding carboxylic acids is 1. The lowest BCUT2D eigenvalue weighted by Crippen LogP contribution is -2.32. The van der Waals surface area contributed by atoms with Gasteiger partial charge in [0.1, 0.15) is 12.0 Å². The van der Waals surface area contributed by atoms with Gasteiger partial charge >= 0.3 is 0 Å².